The summed E-state index contributed by atoms with van der Waals surface area (Å²) in [5, 5.41) is 5.19. The highest BCUT2D eigenvalue weighted by atomic mass is 16.2. The van der Waals surface area contributed by atoms with Crippen LogP contribution in [0.15, 0.2) is 24.3 Å². The fourth-order valence-electron chi connectivity index (χ4n) is 2.38. The predicted molar refractivity (Wildman–Crippen MR) is 77.2 cm³/mol. The Balaban J connectivity index is 2.00. The maximum Gasteiger partial charge on any atom is 0.243 e. The Labute approximate surface area is 123 Å². The Morgan fingerprint density at radius 3 is 2.81 bits per heavy atom. The number of primary amides is 1. The number of carbonyl (C=O) groups excluding carboxylic acids is 3. The molecule has 1 aliphatic heterocycles. The van der Waals surface area contributed by atoms with Gasteiger partial charge in [-0.25, -0.2) is 0 Å². The molecule has 1 heterocycles. The molecule has 0 aliphatic carbocycles. The monoisotopic (exact) mass is 289 g/mol. The van der Waals surface area contributed by atoms with Crippen LogP contribution in [0.2, 0.25) is 0 Å². The number of hydrogen-bond acceptors (Lipinski definition) is 3. The van der Waals surface area contributed by atoms with Crippen molar-refractivity contribution < 1.29 is 14.4 Å². The molecule has 21 heavy (non-hydrogen) atoms. The van der Waals surface area contributed by atoms with Gasteiger partial charge in [0.1, 0.15) is 12.1 Å². The number of hydrogen-bond donors (Lipinski definition) is 3. The van der Waals surface area contributed by atoms with Gasteiger partial charge in [-0.15, -0.1) is 0 Å². The zero-order chi connectivity index (χ0) is 15.4. The van der Waals surface area contributed by atoms with E-state index >= 15 is 0 Å². The molecule has 0 unspecified atom stereocenters. The molecule has 0 radical (unpaired) electrons. The Kier molecular flexibility index (Phi) is 4.57. The first-order valence-corrected chi connectivity index (χ1v) is 6.90. The van der Waals surface area contributed by atoms with Crippen molar-refractivity contribution in [2.45, 2.75) is 38.3 Å². The van der Waals surface area contributed by atoms with E-state index in [4.69, 9.17) is 5.73 Å². The lowest BCUT2D eigenvalue weighted by molar-refractivity contribution is -0.129. The third kappa shape index (κ3) is 4.05. The van der Waals surface area contributed by atoms with Crippen LogP contribution in [0.3, 0.4) is 0 Å². The van der Waals surface area contributed by atoms with Crippen LogP contribution in [0, 0.1) is 6.92 Å². The van der Waals surface area contributed by atoms with Gasteiger partial charge < -0.3 is 16.4 Å². The molecule has 1 aromatic rings. The minimum absolute atomic E-state index is 0.149. The SMILES string of the molecule is Cc1cccc(C[C@H](NC(=O)[C@@H]2CCC(=O)N2)C(N)=O)c1. The summed E-state index contributed by atoms with van der Waals surface area (Å²) >= 11 is 0. The molecule has 1 aliphatic rings. The van der Waals surface area contributed by atoms with Crippen molar-refractivity contribution in [3.8, 4) is 0 Å². The summed E-state index contributed by atoms with van der Waals surface area (Å²) in [4.78, 5) is 34.7. The summed E-state index contributed by atoms with van der Waals surface area (Å²) in [6, 6.07) is 6.32. The second kappa shape index (κ2) is 6.39. The van der Waals surface area contributed by atoms with Gasteiger partial charge >= 0.3 is 0 Å². The van der Waals surface area contributed by atoms with Crippen LogP contribution in [0.25, 0.3) is 0 Å². The van der Waals surface area contributed by atoms with E-state index in [1.165, 1.54) is 0 Å². The summed E-state index contributed by atoms with van der Waals surface area (Å²) in [6.07, 6.45) is 1.11. The highest BCUT2D eigenvalue weighted by Gasteiger charge is 2.29. The van der Waals surface area contributed by atoms with Crippen LogP contribution in [-0.4, -0.2) is 29.8 Å². The fraction of sp³-hybridized carbons (Fsp3) is 0.400. The van der Waals surface area contributed by atoms with Gasteiger partial charge in [0.2, 0.25) is 17.7 Å². The molecular weight excluding hydrogens is 270 g/mol. The zero-order valence-corrected chi connectivity index (χ0v) is 11.9. The van der Waals surface area contributed by atoms with Gasteiger partial charge in [-0.1, -0.05) is 29.8 Å². The Morgan fingerprint density at radius 2 is 2.24 bits per heavy atom. The summed E-state index contributed by atoms with van der Waals surface area (Å²) in [5.74, 6) is -1.10. The number of aryl methyl sites for hydroxylation is 1. The molecule has 0 aromatic heterocycles. The molecule has 1 saturated heterocycles. The molecular formula is C15H19N3O3. The van der Waals surface area contributed by atoms with Gasteiger partial charge in [0, 0.05) is 12.8 Å². The third-order valence-corrected chi connectivity index (χ3v) is 3.49. The maximum atomic E-state index is 12.0. The minimum Gasteiger partial charge on any atom is -0.368 e. The Morgan fingerprint density at radius 1 is 1.48 bits per heavy atom. The second-order valence-electron chi connectivity index (χ2n) is 5.32. The van der Waals surface area contributed by atoms with Crippen molar-refractivity contribution in [2.75, 3.05) is 0 Å². The number of amides is 3. The molecule has 4 N–H and O–H groups in total. The van der Waals surface area contributed by atoms with Crippen LogP contribution in [0.5, 0.6) is 0 Å². The molecule has 0 spiro atoms. The van der Waals surface area contributed by atoms with Crippen LogP contribution >= 0.6 is 0 Å². The van der Waals surface area contributed by atoms with E-state index in [-0.39, 0.29) is 11.8 Å². The molecule has 2 rings (SSSR count). The van der Waals surface area contributed by atoms with E-state index in [1.807, 2.05) is 31.2 Å². The second-order valence-corrected chi connectivity index (χ2v) is 5.32. The Bertz CT molecular complexity index is 571. The highest BCUT2D eigenvalue weighted by Crippen LogP contribution is 2.09. The number of nitrogens with one attached hydrogen (secondary N) is 2. The lowest BCUT2D eigenvalue weighted by Crippen LogP contribution is -2.51. The largest absolute Gasteiger partial charge is 0.368 e. The normalized spacial score (nSPS) is 18.9. The smallest absolute Gasteiger partial charge is 0.243 e. The first-order valence-electron chi connectivity index (χ1n) is 6.90. The molecule has 1 aromatic carbocycles. The molecule has 0 saturated carbocycles. The molecule has 6 heteroatoms. The topological polar surface area (TPSA) is 101 Å². The average Bonchev–Trinajstić information content (AvgIpc) is 2.84. The van der Waals surface area contributed by atoms with Crippen LogP contribution in [0.4, 0.5) is 0 Å². The number of carbonyl (C=O) groups is 3. The zero-order valence-electron chi connectivity index (χ0n) is 11.9. The van der Waals surface area contributed by atoms with Crippen molar-refractivity contribution in [2.24, 2.45) is 5.73 Å². The number of rotatable bonds is 5. The number of benzene rings is 1. The van der Waals surface area contributed by atoms with E-state index in [0.29, 0.717) is 19.3 Å². The van der Waals surface area contributed by atoms with Gasteiger partial charge in [-0.3, -0.25) is 14.4 Å². The van der Waals surface area contributed by atoms with Crippen molar-refractivity contribution >= 4 is 17.7 Å². The van der Waals surface area contributed by atoms with Gasteiger partial charge in [-0.05, 0) is 18.9 Å². The van der Waals surface area contributed by atoms with E-state index in [1.54, 1.807) is 0 Å². The molecule has 2 atom stereocenters. The first kappa shape index (κ1) is 15.0. The summed E-state index contributed by atoms with van der Waals surface area (Å²) in [6.45, 7) is 1.95. The number of nitrogens with two attached hydrogens (primary N) is 1. The lowest BCUT2D eigenvalue weighted by atomic mass is 10.0. The summed E-state index contributed by atoms with van der Waals surface area (Å²) < 4.78 is 0. The van der Waals surface area contributed by atoms with Gasteiger partial charge in [0.25, 0.3) is 0 Å². The van der Waals surface area contributed by atoms with Crippen molar-refractivity contribution in [3.05, 3.63) is 35.4 Å². The van der Waals surface area contributed by atoms with E-state index in [2.05, 4.69) is 10.6 Å². The fourth-order valence-corrected chi connectivity index (χ4v) is 2.38. The van der Waals surface area contributed by atoms with Crippen LogP contribution in [0.1, 0.15) is 24.0 Å². The maximum absolute atomic E-state index is 12.0. The lowest BCUT2D eigenvalue weighted by Gasteiger charge is -2.18. The van der Waals surface area contributed by atoms with Gasteiger partial charge in [0.05, 0.1) is 0 Å². The van der Waals surface area contributed by atoms with E-state index < -0.39 is 18.0 Å². The van der Waals surface area contributed by atoms with Crippen molar-refractivity contribution in [1.29, 1.82) is 0 Å². The molecule has 6 nitrogen and oxygen atoms in total. The molecule has 3 amide bonds. The quantitative estimate of drug-likeness (QED) is 0.699. The van der Waals surface area contributed by atoms with Gasteiger partial charge in [-0.2, -0.15) is 0 Å². The van der Waals surface area contributed by atoms with E-state index in [0.717, 1.165) is 11.1 Å². The molecule has 0 bridgehead atoms. The summed E-state index contributed by atoms with van der Waals surface area (Å²) in [7, 11) is 0. The average molecular weight is 289 g/mol. The van der Waals surface area contributed by atoms with Crippen LogP contribution < -0.4 is 16.4 Å². The molecule has 112 valence electrons. The summed E-state index contributed by atoms with van der Waals surface area (Å²) in [5.41, 5.74) is 7.36. The standard InChI is InChI=1S/C15H19N3O3/c1-9-3-2-4-10(7-9)8-12(14(16)20)18-15(21)11-5-6-13(19)17-11/h2-4,7,11-12H,5-6,8H2,1H3,(H2,16,20)(H,17,19)(H,18,21)/t11-,12-/m0/s1. The minimum atomic E-state index is -0.781. The van der Waals surface area contributed by atoms with Crippen molar-refractivity contribution in [1.82, 2.24) is 10.6 Å². The first-order chi connectivity index (χ1) is 9.95. The van der Waals surface area contributed by atoms with Crippen LogP contribution in [-0.2, 0) is 20.8 Å². The predicted octanol–water partition coefficient (Wildman–Crippen LogP) is -0.214. The highest BCUT2D eigenvalue weighted by molar-refractivity contribution is 5.93. The van der Waals surface area contributed by atoms with Crippen molar-refractivity contribution in [3.63, 3.8) is 0 Å². The molecule has 1 fully saturated rings. The Hall–Kier alpha value is -2.37. The third-order valence-electron chi connectivity index (χ3n) is 3.49. The van der Waals surface area contributed by atoms with E-state index in [9.17, 15) is 14.4 Å². The van der Waals surface area contributed by atoms with Gasteiger partial charge in [0.15, 0.2) is 0 Å².